The van der Waals surface area contributed by atoms with E-state index in [0.717, 1.165) is 0 Å². The van der Waals surface area contributed by atoms with E-state index in [2.05, 4.69) is 20.0 Å². The molecule has 9 nitrogen and oxygen atoms in total. The summed E-state index contributed by atoms with van der Waals surface area (Å²) in [5.74, 6) is 1.23. The number of fused-ring (bicyclic) bond motifs is 1. The third kappa shape index (κ3) is 4.18. The zero-order valence-corrected chi connectivity index (χ0v) is 16.9. The molecule has 0 fully saturated rings. The number of aryl methyl sites for hydroxylation is 2. The summed E-state index contributed by atoms with van der Waals surface area (Å²) in [4.78, 5) is 20.6. The zero-order chi connectivity index (χ0) is 21.3. The van der Waals surface area contributed by atoms with Gasteiger partial charge in [0.15, 0.2) is 11.5 Å². The number of aromatic nitrogens is 2. The number of ether oxygens (including phenoxy) is 2. The van der Waals surface area contributed by atoms with E-state index in [-0.39, 0.29) is 23.4 Å². The molecule has 2 aromatic carbocycles. The van der Waals surface area contributed by atoms with Gasteiger partial charge in [-0.2, -0.15) is 0 Å². The number of benzene rings is 2. The third-order valence-corrected chi connectivity index (χ3v) is 5.51. The molecule has 0 saturated heterocycles. The number of carbonyl (C=O) groups excluding carboxylic acids is 1. The molecule has 0 bridgehead atoms. The van der Waals surface area contributed by atoms with Gasteiger partial charge in [0.1, 0.15) is 0 Å². The fourth-order valence-corrected chi connectivity index (χ4v) is 3.80. The Balaban J connectivity index is 1.47. The standard InChI is InChI=1S/C20H18N4O5S/c1-12-9-19(22-13(2)21-12)24-30(26,27)16-6-4-15(5-7-16)23-20(25)14-3-8-17-18(10-14)29-11-28-17/h3-10H,11H2,1-2H3,(H2,21,22,23,24,25)/p-1. The summed E-state index contributed by atoms with van der Waals surface area (Å²) in [7, 11) is -3.96. The van der Waals surface area contributed by atoms with Gasteiger partial charge >= 0.3 is 0 Å². The van der Waals surface area contributed by atoms with Crippen LogP contribution >= 0.6 is 0 Å². The molecule has 0 atom stereocenters. The number of rotatable bonds is 5. The van der Waals surface area contributed by atoms with E-state index < -0.39 is 10.0 Å². The van der Waals surface area contributed by atoms with Gasteiger partial charge in [-0.3, -0.25) is 9.78 Å². The summed E-state index contributed by atoms with van der Waals surface area (Å²) in [6.07, 6.45) is 0. The van der Waals surface area contributed by atoms with E-state index in [0.29, 0.717) is 34.3 Å². The van der Waals surface area contributed by atoms with Gasteiger partial charge in [0.25, 0.3) is 5.91 Å². The molecule has 1 aliphatic rings. The van der Waals surface area contributed by atoms with Crippen molar-refractivity contribution in [1.82, 2.24) is 9.97 Å². The summed E-state index contributed by atoms with van der Waals surface area (Å²) in [6.45, 7) is 3.52. The van der Waals surface area contributed by atoms with Crippen molar-refractivity contribution in [2.24, 2.45) is 0 Å². The SMILES string of the molecule is Cc1cc([N-]S(=O)(=O)c2ccc(NC(=O)c3ccc4c(c3)OCO4)cc2)nc(C)n1. The van der Waals surface area contributed by atoms with Crippen LogP contribution in [0.25, 0.3) is 4.72 Å². The number of anilines is 1. The average Bonchev–Trinajstić information content (AvgIpc) is 3.15. The Morgan fingerprint density at radius 2 is 1.73 bits per heavy atom. The summed E-state index contributed by atoms with van der Waals surface area (Å²) >= 11 is 0. The van der Waals surface area contributed by atoms with Gasteiger partial charge in [-0.1, -0.05) is 0 Å². The van der Waals surface area contributed by atoms with Crippen LogP contribution in [0.4, 0.5) is 11.5 Å². The van der Waals surface area contributed by atoms with E-state index in [1.807, 2.05) is 0 Å². The Morgan fingerprint density at radius 1 is 1.00 bits per heavy atom. The minimum Gasteiger partial charge on any atom is -0.454 e. The molecule has 1 amide bonds. The van der Waals surface area contributed by atoms with E-state index >= 15 is 0 Å². The van der Waals surface area contributed by atoms with E-state index in [9.17, 15) is 13.2 Å². The van der Waals surface area contributed by atoms with Gasteiger partial charge in [-0.25, -0.2) is 8.42 Å². The van der Waals surface area contributed by atoms with Gasteiger partial charge in [-0.05, 0) is 68.2 Å². The van der Waals surface area contributed by atoms with Crippen LogP contribution in [0, 0.1) is 13.8 Å². The first-order valence-electron chi connectivity index (χ1n) is 8.91. The minimum absolute atomic E-state index is 0.0162. The molecule has 1 aromatic heterocycles. The minimum atomic E-state index is -3.96. The molecule has 0 radical (unpaired) electrons. The van der Waals surface area contributed by atoms with Crippen molar-refractivity contribution in [3.8, 4) is 11.5 Å². The summed E-state index contributed by atoms with van der Waals surface area (Å²) in [5, 5.41) is 2.71. The van der Waals surface area contributed by atoms with Crippen LogP contribution in [0.5, 0.6) is 11.5 Å². The van der Waals surface area contributed by atoms with Crippen LogP contribution in [0.1, 0.15) is 21.9 Å². The van der Waals surface area contributed by atoms with Gasteiger partial charge in [-0.15, -0.1) is 0 Å². The van der Waals surface area contributed by atoms with Gasteiger partial charge < -0.3 is 24.5 Å². The maximum absolute atomic E-state index is 12.5. The van der Waals surface area contributed by atoms with Crippen LogP contribution in [-0.2, 0) is 10.0 Å². The number of amides is 1. The van der Waals surface area contributed by atoms with Crippen LogP contribution in [0.2, 0.25) is 0 Å². The molecular formula is C20H17N4O5S-. The van der Waals surface area contributed by atoms with Crippen LogP contribution in [0.3, 0.4) is 0 Å². The Bertz CT molecular complexity index is 1210. The second-order valence-electron chi connectivity index (χ2n) is 6.53. The monoisotopic (exact) mass is 425 g/mol. The Hall–Kier alpha value is -3.66. The zero-order valence-electron chi connectivity index (χ0n) is 16.1. The molecule has 30 heavy (non-hydrogen) atoms. The van der Waals surface area contributed by atoms with Crippen LogP contribution in [0.15, 0.2) is 53.4 Å². The molecule has 1 N–H and O–H groups in total. The molecular weight excluding hydrogens is 408 g/mol. The highest BCUT2D eigenvalue weighted by Crippen LogP contribution is 2.33. The maximum Gasteiger partial charge on any atom is 0.255 e. The molecule has 2 heterocycles. The third-order valence-electron chi connectivity index (χ3n) is 4.21. The normalized spacial score (nSPS) is 12.5. The van der Waals surface area contributed by atoms with Crippen LogP contribution in [-0.4, -0.2) is 31.1 Å². The molecule has 0 aliphatic carbocycles. The van der Waals surface area contributed by atoms with Crippen molar-refractivity contribution in [3.63, 3.8) is 0 Å². The second-order valence-corrected chi connectivity index (χ2v) is 8.13. The van der Waals surface area contributed by atoms with Crippen molar-refractivity contribution < 1.29 is 22.7 Å². The fraction of sp³-hybridized carbons (Fsp3) is 0.150. The quantitative estimate of drug-likeness (QED) is 0.664. The molecule has 0 spiro atoms. The topological polar surface area (TPSA) is 122 Å². The molecule has 1 aliphatic heterocycles. The predicted octanol–water partition coefficient (Wildman–Crippen LogP) is 3.47. The molecule has 0 unspecified atom stereocenters. The van der Waals surface area contributed by atoms with Crippen molar-refractivity contribution in [1.29, 1.82) is 0 Å². The summed E-state index contributed by atoms with van der Waals surface area (Å²) in [5.41, 5.74) is 1.45. The summed E-state index contributed by atoms with van der Waals surface area (Å²) < 4.78 is 39.3. The van der Waals surface area contributed by atoms with Crippen molar-refractivity contribution in [3.05, 3.63) is 70.3 Å². The van der Waals surface area contributed by atoms with Gasteiger partial charge in [0, 0.05) is 22.8 Å². The van der Waals surface area contributed by atoms with Gasteiger partial charge in [0.2, 0.25) is 16.8 Å². The maximum atomic E-state index is 12.5. The highest BCUT2D eigenvalue weighted by atomic mass is 32.2. The van der Waals surface area contributed by atoms with E-state index in [4.69, 9.17) is 9.47 Å². The molecule has 4 rings (SSSR count). The summed E-state index contributed by atoms with van der Waals surface area (Å²) in [6, 6.07) is 12.1. The number of nitrogens with zero attached hydrogens (tertiary/aromatic N) is 3. The Labute approximate surface area is 173 Å². The largest absolute Gasteiger partial charge is 0.454 e. The lowest BCUT2D eigenvalue weighted by Gasteiger charge is -2.17. The van der Waals surface area contributed by atoms with Gasteiger partial charge in [0.05, 0.1) is 4.90 Å². The van der Waals surface area contributed by atoms with Crippen molar-refractivity contribution >= 4 is 27.4 Å². The second kappa shape index (κ2) is 7.64. The first-order chi connectivity index (χ1) is 14.3. The number of hydrogen-bond acceptors (Lipinski definition) is 7. The van der Waals surface area contributed by atoms with E-state index in [1.54, 1.807) is 32.0 Å². The molecule has 10 heteroatoms. The van der Waals surface area contributed by atoms with Crippen molar-refractivity contribution in [2.45, 2.75) is 18.7 Å². The van der Waals surface area contributed by atoms with E-state index in [1.165, 1.54) is 30.3 Å². The molecule has 0 saturated carbocycles. The fourth-order valence-electron chi connectivity index (χ4n) is 2.87. The Morgan fingerprint density at radius 3 is 2.47 bits per heavy atom. The first-order valence-corrected chi connectivity index (χ1v) is 10.4. The van der Waals surface area contributed by atoms with Crippen molar-refractivity contribution in [2.75, 3.05) is 12.1 Å². The lowest BCUT2D eigenvalue weighted by atomic mass is 10.2. The highest BCUT2D eigenvalue weighted by Gasteiger charge is 2.17. The highest BCUT2D eigenvalue weighted by molar-refractivity contribution is 7.94. The number of sulfonamides is 1. The lowest BCUT2D eigenvalue weighted by molar-refractivity contribution is 0.102. The lowest BCUT2D eigenvalue weighted by Crippen LogP contribution is -2.11. The Kier molecular flexibility index (Phi) is 5.00. The molecule has 3 aromatic rings. The molecule has 154 valence electrons. The number of carbonyl (C=O) groups is 1. The number of hydrogen-bond donors (Lipinski definition) is 1. The van der Waals surface area contributed by atoms with Crippen LogP contribution < -0.4 is 14.8 Å². The smallest absolute Gasteiger partial charge is 0.255 e. The average molecular weight is 425 g/mol. The number of nitrogens with one attached hydrogen (secondary N) is 1. The first kappa shape index (κ1) is 19.6. The predicted molar refractivity (Wildman–Crippen MR) is 109 cm³/mol.